The van der Waals surface area contributed by atoms with Crippen molar-refractivity contribution in [2.75, 3.05) is 18.4 Å². The predicted octanol–water partition coefficient (Wildman–Crippen LogP) is 3.99. The number of anilines is 1. The highest BCUT2D eigenvalue weighted by Gasteiger charge is 2.28. The zero-order valence-electron chi connectivity index (χ0n) is 16.1. The lowest BCUT2D eigenvalue weighted by molar-refractivity contribution is -0.133. The number of hydrogen-bond donors (Lipinski definition) is 1. The number of pyridine rings is 1. The second-order valence-electron chi connectivity index (χ2n) is 7.20. The molecule has 150 valence electrons. The third-order valence-corrected chi connectivity index (χ3v) is 6.66. The second kappa shape index (κ2) is 8.84. The Labute approximate surface area is 177 Å². The van der Waals surface area contributed by atoms with Crippen molar-refractivity contribution in [3.63, 3.8) is 0 Å². The average molecular weight is 427 g/mol. The van der Waals surface area contributed by atoms with E-state index in [1.54, 1.807) is 28.9 Å². The number of rotatable bonds is 5. The standard InChI is InChI=1S/C21H22N4O2S2/c1-14-2-6-22-18(10-14)24-20(27)15-3-7-25(8-4-15)19(26)11-17-13-29-21(23-17)16-5-9-28-12-16/h2,5-6,9-10,12-13,15H,3-4,7-8,11H2,1H3,(H,22,24,27). The first-order chi connectivity index (χ1) is 14.1. The lowest BCUT2D eigenvalue weighted by Gasteiger charge is -2.31. The Bertz CT molecular complexity index is 992. The zero-order valence-corrected chi connectivity index (χ0v) is 17.8. The summed E-state index contributed by atoms with van der Waals surface area (Å²) in [5, 5.41) is 9.89. The molecule has 0 radical (unpaired) electrons. The van der Waals surface area contributed by atoms with Gasteiger partial charge in [0.05, 0.1) is 12.1 Å². The number of nitrogens with zero attached hydrogens (tertiary/aromatic N) is 3. The highest BCUT2D eigenvalue weighted by molar-refractivity contribution is 7.14. The second-order valence-corrected chi connectivity index (χ2v) is 8.83. The van der Waals surface area contributed by atoms with Crippen LogP contribution in [-0.4, -0.2) is 39.8 Å². The summed E-state index contributed by atoms with van der Waals surface area (Å²) in [6.45, 7) is 3.16. The van der Waals surface area contributed by atoms with Gasteiger partial charge in [0.25, 0.3) is 0 Å². The topological polar surface area (TPSA) is 75.2 Å². The minimum atomic E-state index is -0.0918. The minimum Gasteiger partial charge on any atom is -0.342 e. The lowest BCUT2D eigenvalue weighted by Crippen LogP contribution is -2.42. The molecule has 3 aromatic heterocycles. The van der Waals surface area contributed by atoms with E-state index in [-0.39, 0.29) is 17.7 Å². The maximum atomic E-state index is 12.7. The smallest absolute Gasteiger partial charge is 0.228 e. The fourth-order valence-electron chi connectivity index (χ4n) is 3.40. The molecule has 1 aliphatic rings. The molecule has 2 amide bonds. The number of carbonyl (C=O) groups excluding carboxylic acids is 2. The summed E-state index contributed by atoms with van der Waals surface area (Å²) < 4.78 is 0. The van der Waals surface area contributed by atoms with E-state index in [1.807, 2.05) is 40.8 Å². The van der Waals surface area contributed by atoms with Crippen LogP contribution in [0.15, 0.2) is 40.5 Å². The number of nitrogens with one attached hydrogen (secondary N) is 1. The summed E-state index contributed by atoms with van der Waals surface area (Å²) >= 11 is 3.21. The predicted molar refractivity (Wildman–Crippen MR) is 116 cm³/mol. The monoisotopic (exact) mass is 426 g/mol. The first-order valence-corrected chi connectivity index (χ1v) is 11.4. The Morgan fingerprint density at radius 1 is 1.24 bits per heavy atom. The molecule has 0 bridgehead atoms. The number of likely N-dealkylation sites (tertiary alicyclic amines) is 1. The van der Waals surface area contributed by atoms with E-state index in [4.69, 9.17) is 0 Å². The summed E-state index contributed by atoms with van der Waals surface area (Å²) in [5.74, 6) is 0.547. The first kappa shape index (κ1) is 19.7. The first-order valence-electron chi connectivity index (χ1n) is 9.57. The third-order valence-electron chi connectivity index (χ3n) is 5.04. The Morgan fingerprint density at radius 3 is 2.79 bits per heavy atom. The Hall–Kier alpha value is -2.58. The Morgan fingerprint density at radius 2 is 2.07 bits per heavy atom. The van der Waals surface area contributed by atoms with Crippen LogP contribution >= 0.6 is 22.7 Å². The minimum absolute atomic E-state index is 0.0184. The number of aryl methyl sites for hydroxylation is 1. The Balaban J connectivity index is 1.28. The van der Waals surface area contributed by atoms with Gasteiger partial charge in [-0.2, -0.15) is 11.3 Å². The highest BCUT2D eigenvalue weighted by Crippen LogP contribution is 2.26. The lowest BCUT2D eigenvalue weighted by atomic mass is 9.95. The van der Waals surface area contributed by atoms with Crippen molar-refractivity contribution in [2.45, 2.75) is 26.2 Å². The molecular formula is C21H22N4O2S2. The van der Waals surface area contributed by atoms with Crippen molar-refractivity contribution >= 4 is 40.3 Å². The van der Waals surface area contributed by atoms with E-state index < -0.39 is 0 Å². The molecule has 6 nitrogen and oxygen atoms in total. The normalized spacial score (nSPS) is 14.7. The molecule has 1 fully saturated rings. The third kappa shape index (κ3) is 4.89. The Kier molecular flexibility index (Phi) is 6.01. The van der Waals surface area contributed by atoms with Gasteiger partial charge in [0.2, 0.25) is 11.8 Å². The maximum Gasteiger partial charge on any atom is 0.228 e. The van der Waals surface area contributed by atoms with E-state index in [9.17, 15) is 9.59 Å². The molecule has 0 saturated carbocycles. The van der Waals surface area contributed by atoms with Gasteiger partial charge in [0.1, 0.15) is 10.8 Å². The van der Waals surface area contributed by atoms with Gasteiger partial charge in [-0.3, -0.25) is 9.59 Å². The van der Waals surface area contributed by atoms with Crippen LogP contribution < -0.4 is 5.32 Å². The molecule has 0 aromatic carbocycles. The van der Waals surface area contributed by atoms with E-state index >= 15 is 0 Å². The maximum absolute atomic E-state index is 12.7. The molecular weight excluding hydrogens is 404 g/mol. The van der Waals surface area contributed by atoms with Gasteiger partial charge in [-0.05, 0) is 48.9 Å². The number of amides is 2. The average Bonchev–Trinajstić information content (AvgIpc) is 3.40. The number of carbonyl (C=O) groups is 2. The molecule has 1 aliphatic heterocycles. The summed E-state index contributed by atoms with van der Waals surface area (Å²) in [7, 11) is 0. The molecule has 1 N–H and O–H groups in total. The van der Waals surface area contributed by atoms with Crippen LogP contribution in [0.3, 0.4) is 0 Å². The summed E-state index contributed by atoms with van der Waals surface area (Å²) in [6.07, 6.45) is 3.33. The van der Waals surface area contributed by atoms with Crippen LogP contribution in [0.2, 0.25) is 0 Å². The summed E-state index contributed by atoms with van der Waals surface area (Å²) in [5.41, 5.74) is 2.97. The van der Waals surface area contributed by atoms with E-state index in [0.717, 1.165) is 21.8 Å². The van der Waals surface area contributed by atoms with Crippen molar-refractivity contribution in [3.8, 4) is 10.6 Å². The number of piperidine rings is 1. The SMILES string of the molecule is Cc1ccnc(NC(=O)C2CCN(C(=O)Cc3csc(-c4ccsc4)n3)CC2)c1. The van der Waals surface area contributed by atoms with Crippen molar-refractivity contribution in [3.05, 3.63) is 51.8 Å². The fourth-order valence-corrected chi connectivity index (χ4v) is 4.93. The zero-order chi connectivity index (χ0) is 20.2. The van der Waals surface area contributed by atoms with Crippen LogP contribution in [0.5, 0.6) is 0 Å². The molecule has 8 heteroatoms. The molecule has 4 heterocycles. The summed E-state index contributed by atoms with van der Waals surface area (Å²) in [6, 6.07) is 5.79. The van der Waals surface area contributed by atoms with Crippen LogP contribution in [0.25, 0.3) is 10.6 Å². The van der Waals surface area contributed by atoms with Crippen molar-refractivity contribution < 1.29 is 9.59 Å². The molecule has 3 aromatic rings. The van der Waals surface area contributed by atoms with Crippen molar-refractivity contribution in [1.29, 1.82) is 0 Å². The van der Waals surface area contributed by atoms with Crippen molar-refractivity contribution in [2.24, 2.45) is 5.92 Å². The van der Waals surface area contributed by atoms with Crippen molar-refractivity contribution in [1.82, 2.24) is 14.9 Å². The van der Waals surface area contributed by atoms with Gasteiger partial charge in [-0.1, -0.05) is 0 Å². The van der Waals surface area contributed by atoms with Gasteiger partial charge in [0.15, 0.2) is 0 Å². The molecule has 1 saturated heterocycles. The number of hydrogen-bond acceptors (Lipinski definition) is 6. The fraction of sp³-hybridized carbons (Fsp3) is 0.333. The van der Waals surface area contributed by atoms with E-state index in [1.165, 1.54) is 0 Å². The highest BCUT2D eigenvalue weighted by atomic mass is 32.1. The molecule has 0 unspecified atom stereocenters. The number of thiophene rings is 1. The molecule has 4 rings (SSSR count). The molecule has 29 heavy (non-hydrogen) atoms. The number of aromatic nitrogens is 2. The van der Waals surface area contributed by atoms with Gasteiger partial charge >= 0.3 is 0 Å². The van der Waals surface area contributed by atoms with Gasteiger partial charge in [0, 0.05) is 41.5 Å². The largest absolute Gasteiger partial charge is 0.342 e. The molecule has 0 atom stereocenters. The van der Waals surface area contributed by atoms with Crippen LogP contribution in [0.1, 0.15) is 24.1 Å². The van der Waals surface area contributed by atoms with Gasteiger partial charge < -0.3 is 10.2 Å². The summed E-state index contributed by atoms with van der Waals surface area (Å²) in [4.78, 5) is 35.8. The van der Waals surface area contributed by atoms with Gasteiger partial charge in [-0.25, -0.2) is 9.97 Å². The van der Waals surface area contributed by atoms with Crippen LogP contribution in [0, 0.1) is 12.8 Å². The van der Waals surface area contributed by atoms with Crippen LogP contribution in [-0.2, 0) is 16.0 Å². The van der Waals surface area contributed by atoms with E-state index in [0.29, 0.717) is 38.2 Å². The van der Waals surface area contributed by atoms with E-state index in [2.05, 4.69) is 20.7 Å². The number of thiazole rings is 1. The molecule has 0 spiro atoms. The van der Waals surface area contributed by atoms with Crippen LogP contribution in [0.4, 0.5) is 5.82 Å². The molecule has 0 aliphatic carbocycles. The van der Waals surface area contributed by atoms with Gasteiger partial charge in [-0.15, -0.1) is 11.3 Å². The quantitative estimate of drug-likeness (QED) is 0.669.